The van der Waals surface area contributed by atoms with Crippen molar-refractivity contribution in [2.24, 2.45) is 5.41 Å². The van der Waals surface area contributed by atoms with E-state index in [4.69, 9.17) is 0 Å². The van der Waals surface area contributed by atoms with Crippen molar-refractivity contribution in [1.29, 1.82) is 0 Å². The average Bonchev–Trinajstić information content (AvgIpc) is 2.72. The van der Waals surface area contributed by atoms with Crippen LogP contribution in [-0.2, 0) is 4.79 Å². The van der Waals surface area contributed by atoms with Gasteiger partial charge < -0.3 is 5.32 Å². The summed E-state index contributed by atoms with van der Waals surface area (Å²) in [6, 6.07) is 3.74. The first-order chi connectivity index (χ1) is 8.01. The Hall–Kier alpha value is -0.900. The minimum Gasteiger partial charge on any atom is -0.310 e. The number of hydrogen-bond donors (Lipinski definition) is 1. The standard InChI is InChI=1S/C13H17BrN2O/c1-9-10(14)5-6-11(15-9)16-12(17)13(2)7-3-4-8-13/h5-6H,3-4,7-8H2,1-2H3,(H,15,16,17). The molecule has 0 unspecified atom stereocenters. The second-order valence-corrected chi connectivity index (χ2v) is 5.84. The third kappa shape index (κ3) is 2.68. The number of rotatable bonds is 2. The molecule has 1 heterocycles. The summed E-state index contributed by atoms with van der Waals surface area (Å²) in [5, 5.41) is 2.92. The van der Waals surface area contributed by atoms with Crippen LogP contribution in [0.25, 0.3) is 0 Å². The molecule has 17 heavy (non-hydrogen) atoms. The van der Waals surface area contributed by atoms with Gasteiger partial charge in [-0.2, -0.15) is 0 Å². The highest BCUT2D eigenvalue weighted by Gasteiger charge is 2.36. The van der Waals surface area contributed by atoms with Crippen molar-refractivity contribution in [2.75, 3.05) is 5.32 Å². The molecular weight excluding hydrogens is 280 g/mol. The molecule has 0 radical (unpaired) electrons. The zero-order valence-corrected chi connectivity index (χ0v) is 11.8. The quantitative estimate of drug-likeness (QED) is 0.905. The summed E-state index contributed by atoms with van der Waals surface area (Å²) >= 11 is 3.40. The number of hydrogen-bond acceptors (Lipinski definition) is 2. The number of anilines is 1. The molecule has 0 bridgehead atoms. The number of carbonyl (C=O) groups is 1. The van der Waals surface area contributed by atoms with Gasteiger partial charge in [-0.15, -0.1) is 0 Å². The highest BCUT2D eigenvalue weighted by atomic mass is 79.9. The third-order valence-electron chi connectivity index (χ3n) is 3.52. The molecule has 1 aliphatic carbocycles. The van der Waals surface area contributed by atoms with Gasteiger partial charge in [0, 0.05) is 9.89 Å². The van der Waals surface area contributed by atoms with Gasteiger partial charge in [-0.05, 0) is 47.8 Å². The van der Waals surface area contributed by atoms with Gasteiger partial charge in [0.15, 0.2) is 0 Å². The molecule has 1 aromatic heterocycles. The topological polar surface area (TPSA) is 42.0 Å². The van der Waals surface area contributed by atoms with Crippen LogP contribution in [-0.4, -0.2) is 10.9 Å². The van der Waals surface area contributed by atoms with Crippen molar-refractivity contribution < 1.29 is 4.79 Å². The Kier molecular flexibility index (Phi) is 3.52. The largest absolute Gasteiger partial charge is 0.310 e. The van der Waals surface area contributed by atoms with Gasteiger partial charge >= 0.3 is 0 Å². The van der Waals surface area contributed by atoms with E-state index in [0.29, 0.717) is 5.82 Å². The monoisotopic (exact) mass is 296 g/mol. The summed E-state index contributed by atoms with van der Waals surface area (Å²) in [6.45, 7) is 3.96. The minimum atomic E-state index is -0.206. The molecule has 0 aromatic carbocycles. The Morgan fingerprint density at radius 2 is 2.06 bits per heavy atom. The van der Waals surface area contributed by atoms with E-state index < -0.39 is 0 Å². The smallest absolute Gasteiger partial charge is 0.231 e. The van der Waals surface area contributed by atoms with Gasteiger partial charge in [-0.25, -0.2) is 4.98 Å². The van der Waals surface area contributed by atoms with Crippen LogP contribution in [0.1, 0.15) is 38.3 Å². The predicted octanol–water partition coefficient (Wildman–Crippen LogP) is 3.67. The van der Waals surface area contributed by atoms with Crippen LogP contribution in [0.4, 0.5) is 5.82 Å². The normalized spacial score (nSPS) is 18.1. The summed E-state index contributed by atoms with van der Waals surface area (Å²) in [4.78, 5) is 16.5. The maximum absolute atomic E-state index is 12.2. The number of pyridine rings is 1. The molecule has 1 N–H and O–H groups in total. The molecule has 3 nitrogen and oxygen atoms in total. The first-order valence-corrected chi connectivity index (χ1v) is 6.75. The van der Waals surface area contributed by atoms with Crippen LogP contribution in [0.2, 0.25) is 0 Å². The van der Waals surface area contributed by atoms with Crippen LogP contribution < -0.4 is 5.32 Å². The van der Waals surface area contributed by atoms with Crippen molar-refractivity contribution in [3.05, 3.63) is 22.3 Å². The molecule has 0 aliphatic heterocycles. The third-order valence-corrected chi connectivity index (χ3v) is 4.36. The summed E-state index contributed by atoms with van der Waals surface area (Å²) in [5.41, 5.74) is 0.683. The first kappa shape index (κ1) is 12.6. The molecule has 1 aromatic rings. The molecule has 1 fully saturated rings. The van der Waals surface area contributed by atoms with Crippen LogP contribution in [0.15, 0.2) is 16.6 Å². The maximum atomic E-state index is 12.2. The number of amides is 1. The molecule has 0 atom stereocenters. The summed E-state index contributed by atoms with van der Waals surface area (Å²) in [7, 11) is 0. The summed E-state index contributed by atoms with van der Waals surface area (Å²) in [5.74, 6) is 0.744. The van der Waals surface area contributed by atoms with E-state index in [-0.39, 0.29) is 11.3 Å². The van der Waals surface area contributed by atoms with Crippen LogP contribution in [0.3, 0.4) is 0 Å². The number of halogens is 1. The predicted molar refractivity (Wildman–Crippen MR) is 71.9 cm³/mol. The van der Waals surface area contributed by atoms with Crippen LogP contribution in [0, 0.1) is 12.3 Å². The molecule has 2 rings (SSSR count). The summed E-state index contributed by atoms with van der Waals surface area (Å²) < 4.78 is 0.961. The van der Waals surface area contributed by atoms with Gasteiger partial charge in [-0.3, -0.25) is 4.79 Å². The fourth-order valence-corrected chi connectivity index (χ4v) is 2.48. The number of carbonyl (C=O) groups excluding carboxylic acids is 1. The number of nitrogens with zero attached hydrogens (tertiary/aromatic N) is 1. The average molecular weight is 297 g/mol. The van der Waals surface area contributed by atoms with Crippen molar-refractivity contribution in [2.45, 2.75) is 39.5 Å². The highest BCUT2D eigenvalue weighted by molar-refractivity contribution is 9.10. The SMILES string of the molecule is Cc1nc(NC(=O)C2(C)CCCC2)ccc1Br. The lowest BCUT2D eigenvalue weighted by molar-refractivity contribution is -0.124. The van der Waals surface area contributed by atoms with E-state index in [9.17, 15) is 4.79 Å². The van der Waals surface area contributed by atoms with E-state index in [1.807, 2.05) is 26.0 Å². The van der Waals surface area contributed by atoms with E-state index in [2.05, 4.69) is 26.2 Å². The fourth-order valence-electron chi connectivity index (χ4n) is 2.26. The van der Waals surface area contributed by atoms with Gasteiger partial charge in [0.1, 0.15) is 5.82 Å². The van der Waals surface area contributed by atoms with Gasteiger partial charge in [-0.1, -0.05) is 19.8 Å². The van der Waals surface area contributed by atoms with Crippen molar-refractivity contribution in [3.8, 4) is 0 Å². The second-order valence-electron chi connectivity index (χ2n) is 4.99. The highest BCUT2D eigenvalue weighted by Crippen LogP contribution is 2.38. The lowest BCUT2D eigenvalue weighted by Crippen LogP contribution is -2.31. The van der Waals surface area contributed by atoms with Gasteiger partial charge in [0.2, 0.25) is 5.91 Å². The Morgan fingerprint density at radius 3 is 2.65 bits per heavy atom. The second kappa shape index (κ2) is 4.77. The van der Waals surface area contributed by atoms with Crippen molar-refractivity contribution in [3.63, 3.8) is 0 Å². The summed E-state index contributed by atoms with van der Waals surface area (Å²) in [6.07, 6.45) is 4.26. The molecule has 0 saturated heterocycles. The molecule has 1 saturated carbocycles. The zero-order chi connectivity index (χ0) is 12.5. The number of aromatic nitrogens is 1. The Morgan fingerprint density at radius 1 is 1.41 bits per heavy atom. The van der Waals surface area contributed by atoms with Gasteiger partial charge in [0.25, 0.3) is 0 Å². The molecule has 1 aliphatic rings. The van der Waals surface area contributed by atoms with Crippen molar-refractivity contribution in [1.82, 2.24) is 4.98 Å². The minimum absolute atomic E-state index is 0.101. The van der Waals surface area contributed by atoms with Crippen molar-refractivity contribution >= 4 is 27.7 Å². The van der Waals surface area contributed by atoms with E-state index in [1.54, 1.807) is 0 Å². The molecule has 1 amide bonds. The fraction of sp³-hybridized carbons (Fsp3) is 0.538. The Bertz CT molecular complexity index is 439. The van der Waals surface area contributed by atoms with Crippen LogP contribution in [0.5, 0.6) is 0 Å². The first-order valence-electron chi connectivity index (χ1n) is 5.96. The van der Waals surface area contributed by atoms with E-state index in [0.717, 1.165) is 35.8 Å². The van der Waals surface area contributed by atoms with E-state index >= 15 is 0 Å². The maximum Gasteiger partial charge on any atom is 0.231 e. The lowest BCUT2D eigenvalue weighted by Gasteiger charge is -2.21. The van der Waals surface area contributed by atoms with Gasteiger partial charge in [0.05, 0.1) is 5.69 Å². The molecule has 0 spiro atoms. The zero-order valence-electron chi connectivity index (χ0n) is 10.2. The Labute approximate surface area is 110 Å². The number of aryl methyl sites for hydroxylation is 1. The Balaban J connectivity index is 2.10. The lowest BCUT2D eigenvalue weighted by atomic mass is 9.88. The number of nitrogens with one attached hydrogen (secondary N) is 1. The van der Waals surface area contributed by atoms with E-state index in [1.165, 1.54) is 0 Å². The molecule has 4 heteroatoms. The molecular formula is C13H17BrN2O. The van der Waals surface area contributed by atoms with Crippen LogP contribution >= 0.6 is 15.9 Å². The molecule has 92 valence electrons.